The summed E-state index contributed by atoms with van der Waals surface area (Å²) in [6, 6.07) is 0.888. The van der Waals surface area contributed by atoms with Crippen molar-refractivity contribution in [1.82, 2.24) is 20.4 Å². The molecule has 0 aromatic rings. The van der Waals surface area contributed by atoms with Gasteiger partial charge in [0.1, 0.15) is 12.3 Å². The highest BCUT2D eigenvalue weighted by Gasteiger charge is 2.61. The average molecular weight is 525 g/mol. The Kier molecular flexibility index (Phi) is 9.49. The van der Waals surface area contributed by atoms with E-state index in [0.29, 0.717) is 13.2 Å². The van der Waals surface area contributed by atoms with Crippen molar-refractivity contribution in [3.05, 3.63) is 0 Å². The zero-order chi connectivity index (χ0) is 26.6. The zero-order valence-electron chi connectivity index (χ0n) is 23.3. The number of urea groups is 2. The predicted octanol–water partition coefficient (Wildman–Crippen LogP) is 4.16. The summed E-state index contributed by atoms with van der Waals surface area (Å²) in [5.74, 6) is -0.231. The molecule has 1 saturated heterocycles. The number of amides is 5. The number of nitrogens with one attached hydrogen (secondary N) is 2. The minimum Gasteiger partial charge on any atom is -0.382 e. The first-order valence-electron chi connectivity index (χ1n) is 13.7. The van der Waals surface area contributed by atoms with Crippen LogP contribution >= 0.6 is 0 Å². The van der Waals surface area contributed by atoms with Crippen molar-refractivity contribution >= 4 is 26.0 Å². The molecule has 2 aliphatic carbocycles. The smallest absolute Gasteiger partial charge is 0.329 e. The van der Waals surface area contributed by atoms with Gasteiger partial charge in [0, 0.05) is 40.4 Å². The van der Waals surface area contributed by atoms with Gasteiger partial charge >= 0.3 is 12.1 Å². The molecule has 3 fully saturated rings. The summed E-state index contributed by atoms with van der Waals surface area (Å²) in [4.78, 5) is 41.9. The van der Waals surface area contributed by atoms with E-state index >= 15 is 0 Å². The number of methoxy groups -OCH3 is 1. The van der Waals surface area contributed by atoms with E-state index in [9.17, 15) is 14.4 Å². The number of carbonyl (C=O) groups is 3. The number of rotatable bonds is 12. The summed E-state index contributed by atoms with van der Waals surface area (Å²) in [6.07, 6.45) is 7.81. The third-order valence-electron chi connectivity index (χ3n) is 8.22. The van der Waals surface area contributed by atoms with Crippen molar-refractivity contribution in [3.63, 3.8) is 0 Å². The highest BCUT2D eigenvalue weighted by molar-refractivity contribution is 6.76. The highest BCUT2D eigenvalue weighted by atomic mass is 28.3. The van der Waals surface area contributed by atoms with Crippen LogP contribution in [0, 0.1) is 5.41 Å². The SMILES string of the molecule is CCCCNC(=O)NC1CCC2(CC1)CC(N1C(=O)N(COCC[Si](C)(C)C)C(=O)[C@@]1(C)COC)C2. The Balaban J connectivity index is 1.54. The summed E-state index contributed by atoms with van der Waals surface area (Å²) in [5, 5.41) is 6.05. The summed E-state index contributed by atoms with van der Waals surface area (Å²) in [5.41, 5.74) is -0.810. The van der Waals surface area contributed by atoms with Crippen LogP contribution in [0.3, 0.4) is 0 Å². The van der Waals surface area contributed by atoms with Crippen molar-refractivity contribution < 1.29 is 23.9 Å². The van der Waals surface area contributed by atoms with Gasteiger partial charge in [-0.2, -0.15) is 0 Å². The summed E-state index contributed by atoms with van der Waals surface area (Å²) in [7, 11) is 0.320. The van der Waals surface area contributed by atoms with Crippen LogP contribution < -0.4 is 10.6 Å². The average Bonchev–Trinajstić information content (AvgIpc) is 2.95. The van der Waals surface area contributed by atoms with Crippen LogP contribution in [0.2, 0.25) is 25.7 Å². The lowest BCUT2D eigenvalue weighted by Gasteiger charge is -2.55. The molecule has 36 heavy (non-hydrogen) atoms. The molecule has 1 atom stereocenters. The van der Waals surface area contributed by atoms with Crippen LogP contribution in [0.25, 0.3) is 0 Å². The lowest BCUT2D eigenvalue weighted by molar-refractivity contribution is -0.140. The summed E-state index contributed by atoms with van der Waals surface area (Å²) < 4.78 is 11.2. The molecule has 0 unspecified atom stereocenters. The van der Waals surface area contributed by atoms with Crippen LogP contribution in [0.4, 0.5) is 9.59 Å². The Morgan fingerprint density at radius 1 is 1.17 bits per heavy atom. The Bertz CT molecular complexity index is 788. The molecule has 2 saturated carbocycles. The monoisotopic (exact) mass is 524 g/mol. The van der Waals surface area contributed by atoms with E-state index in [1.807, 2.05) is 6.92 Å². The first kappa shape index (κ1) is 28.9. The number of imide groups is 1. The fourth-order valence-electron chi connectivity index (χ4n) is 5.96. The molecule has 1 spiro atoms. The first-order chi connectivity index (χ1) is 16.9. The Morgan fingerprint density at radius 3 is 2.42 bits per heavy atom. The number of carbonyl (C=O) groups excluding carboxylic acids is 3. The molecule has 0 aromatic heterocycles. The van der Waals surface area contributed by atoms with Crippen LogP contribution in [0.1, 0.15) is 65.2 Å². The third-order valence-corrected chi connectivity index (χ3v) is 9.92. The summed E-state index contributed by atoms with van der Waals surface area (Å²) >= 11 is 0. The van der Waals surface area contributed by atoms with E-state index in [1.165, 1.54) is 4.90 Å². The third kappa shape index (κ3) is 6.61. The van der Waals surface area contributed by atoms with Gasteiger partial charge in [-0.3, -0.25) is 4.79 Å². The van der Waals surface area contributed by atoms with Crippen molar-refractivity contribution in [1.29, 1.82) is 0 Å². The largest absolute Gasteiger partial charge is 0.382 e. The van der Waals surface area contributed by atoms with Gasteiger partial charge in [-0.15, -0.1) is 0 Å². The normalized spacial score (nSPS) is 30.6. The second-order valence-corrected chi connectivity index (χ2v) is 18.2. The van der Waals surface area contributed by atoms with Gasteiger partial charge in [0.05, 0.1) is 6.61 Å². The van der Waals surface area contributed by atoms with E-state index in [0.717, 1.165) is 57.4 Å². The fourth-order valence-corrected chi connectivity index (χ4v) is 6.72. The quantitative estimate of drug-likeness (QED) is 0.227. The maximum Gasteiger partial charge on any atom is 0.329 e. The Hall–Kier alpha value is -1.65. The minimum absolute atomic E-state index is 0.00346. The molecule has 3 rings (SSSR count). The Morgan fingerprint density at radius 2 is 1.83 bits per heavy atom. The standard InChI is InChI=1S/C26H48N4O5Si/c1-7-8-13-27-23(32)28-20-9-11-26(12-10-20)16-21(17-26)30-24(33)29(19-35-14-15-36(4,5)6)22(31)25(30,2)18-34-3/h20-21H,7-19H2,1-6H3,(H2,27,28,32)/t20?,21?,25-,26?/m1/s1. The van der Waals surface area contributed by atoms with Gasteiger partial charge in [-0.05, 0) is 63.3 Å². The van der Waals surface area contributed by atoms with E-state index in [2.05, 4.69) is 37.2 Å². The molecular formula is C26H48N4O5Si. The molecule has 1 heterocycles. The number of nitrogens with zero attached hydrogens (tertiary/aromatic N) is 2. The molecule has 2 N–H and O–H groups in total. The van der Waals surface area contributed by atoms with Crippen LogP contribution in [0.15, 0.2) is 0 Å². The van der Waals surface area contributed by atoms with E-state index < -0.39 is 13.6 Å². The van der Waals surface area contributed by atoms with Gasteiger partial charge in [0.25, 0.3) is 5.91 Å². The van der Waals surface area contributed by atoms with Gasteiger partial charge in [-0.1, -0.05) is 33.0 Å². The minimum atomic E-state index is -1.25. The van der Waals surface area contributed by atoms with Gasteiger partial charge in [0.15, 0.2) is 0 Å². The lowest BCUT2D eigenvalue weighted by atomic mass is 9.57. The maximum atomic E-state index is 13.4. The molecule has 0 bridgehead atoms. The van der Waals surface area contributed by atoms with Crippen molar-refractivity contribution in [2.24, 2.45) is 5.41 Å². The molecule has 1 aliphatic heterocycles. The van der Waals surface area contributed by atoms with E-state index in [1.54, 1.807) is 12.0 Å². The number of hydrogen-bond donors (Lipinski definition) is 2. The van der Waals surface area contributed by atoms with Crippen molar-refractivity contribution in [2.75, 3.05) is 33.6 Å². The van der Waals surface area contributed by atoms with Crippen molar-refractivity contribution in [2.45, 2.75) is 109 Å². The van der Waals surface area contributed by atoms with Crippen LogP contribution in [-0.2, 0) is 14.3 Å². The Labute approximate surface area is 218 Å². The maximum absolute atomic E-state index is 13.4. The number of unbranched alkanes of at least 4 members (excludes halogenated alkanes) is 1. The zero-order valence-corrected chi connectivity index (χ0v) is 24.3. The highest BCUT2D eigenvalue weighted by Crippen LogP contribution is 2.55. The van der Waals surface area contributed by atoms with Gasteiger partial charge < -0.3 is 25.0 Å². The molecule has 10 heteroatoms. The van der Waals surface area contributed by atoms with Crippen LogP contribution in [-0.4, -0.2) is 87.1 Å². The number of hydrogen-bond acceptors (Lipinski definition) is 5. The van der Waals surface area contributed by atoms with E-state index in [4.69, 9.17) is 9.47 Å². The van der Waals surface area contributed by atoms with Crippen molar-refractivity contribution in [3.8, 4) is 0 Å². The molecule has 9 nitrogen and oxygen atoms in total. The molecule has 5 amide bonds. The second kappa shape index (κ2) is 11.8. The molecule has 0 radical (unpaired) electrons. The predicted molar refractivity (Wildman–Crippen MR) is 142 cm³/mol. The number of ether oxygens (including phenoxy) is 2. The van der Waals surface area contributed by atoms with Gasteiger partial charge in [0.2, 0.25) is 0 Å². The first-order valence-corrected chi connectivity index (χ1v) is 17.4. The molecule has 206 valence electrons. The molecule has 3 aliphatic rings. The lowest BCUT2D eigenvalue weighted by Crippen LogP contribution is -2.61. The van der Waals surface area contributed by atoms with Gasteiger partial charge in [-0.25, -0.2) is 14.5 Å². The molecular weight excluding hydrogens is 476 g/mol. The van der Waals surface area contributed by atoms with E-state index in [-0.39, 0.29) is 48.8 Å². The van der Waals surface area contributed by atoms with Crippen LogP contribution in [0.5, 0.6) is 0 Å². The fraction of sp³-hybridized carbons (Fsp3) is 0.885. The molecule has 0 aromatic carbocycles. The summed E-state index contributed by atoms with van der Waals surface area (Å²) in [6.45, 7) is 12.2. The second-order valence-electron chi connectivity index (χ2n) is 12.5. The topological polar surface area (TPSA) is 100 Å².